The molecule has 2 saturated carbocycles. The largest absolute Gasteiger partial charge is 0.383 e. The molecule has 0 amide bonds. The molecule has 2 aliphatic carbocycles. The molecular formula is C13H26N2O. The van der Waals surface area contributed by atoms with Crippen molar-refractivity contribution in [2.24, 2.45) is 11.7 Å². The van der Waals surface area contributed by atoms with Crippen LogP contribution in [0.2, 0.25) is 0 Å². The van der Waals surface area contributed by atoms with Crippen LogP contribution in [0.15, 0.2) is 0 Å². The van der Waals surface area contributed by atoms with E-state index in [1.165, 1.54) is 32.1 Å². The Morgan fingerprint density at radius 2 is 2.00 bits per heavy atom. The number of hydrogen-bond donors (Lipinski definition) is 1. The van der Waals surface area contributed by atoms with Crippen LogP contribution in [0.25, 0.3) is 0 Å². The number of hydrogen-bond acceptors (Lipinski definition) is 3. The van der Waals surface area contributed by atoms with Gasteiger partial charge in [-0.1, -0.05) is 6.92 Å². The van der Waals surface area contributed by atoms with Crippen molar-refractivity contribution in [3.05, 3.63) is 0 Å². The van der Waals surface area contributed by atoms with Gasteiger partial charge in [0.1, 0.15) is 0 Å². The molecule has 0 aromatic carbocycles. The molecule has 0 aliphatic heterocycles. The molecule has 0 heterocycles. The molecule has 0 aromatic rings. The highest BCUT2D eigenvalue weighted by atomic mass is 16.5. The summed E-state index contributed by atoms with van der Waals surface area (Å²) in [6.45, 7) is 4.26. The fourth-order valence-corrected chi connectivity index (χ4v) is 2.98. The van der Waals surface area contributed by atoms with Gasteiger partial charge in [0.15, 0.2) is 0 Å². The van der Waals surface area contributed by atoms with Gasteiger partial charge < -0.3 is 10.5 Å². The van der Waals surface area contributed by atoms with Crippen molar-refractivity contribution < 1.29 is 4.74 Å². The zero-order chi connectivity index (χ0) is 11.5. The first-order valence-electron chi connectivity index (χ1n) is 6.72. The molecule has 3 atom stereocenters. The van der Waals surface area contributed by atoms with Crippen molar-refractivity contribution in [2.45, 2.75) is 57.2 Å². The van der Waals surface area contributed by atoms with Crippen LogP contribution < -0.4 is 5.73 Å². The molecule has 0 spiro atoms. The minimum absolute atomic E-state index is 0.383. The number of ether oxygens (including phenoxy) is 1. The molecule has 3 heteroatoms. The Morgan fingerprint density at radius 3 is 2.62 bits per heavy atom. The molecule has 2 rings (SSSR count). The van der Waals surface area contributed by atoms with E-state index in [4.69, 9.17) is 10.5 Å². The molecule has 3 nitrogen and oxygen atoms in total. The molecule has 2 fully saturated rings. The fourth-order valence-electron chi connectivity index (χ4n) is 2.98. The number of nitrogens with two attached hydrogens (primary N) is 1. The molecule has 16 heavy (non-hydrogen) atoms. The summed E-state index contributed by atoms with van der Waals surface area (Å²) in [6, 6.07) is 1.79. The van der Waals surface area contributed by atoms with E-state index in [1.807, 2.05) is 0 Å². The summed E-state index contributed by atoms with van der Waals surface area (Å²) in [5.74, 6) is 0.841. The fraction of sp³-hybridized carbons (Fsp3) is 1.00. The number of rotatable bonds is 5. The maximum absolute atomic E-state index is 6.30. The first-order valence-corrected chi connectivity index (χ1v) is 6.72. The van der Waals surface area contributed by atoms with Crippen molar-refractivity contribution in [1.29, 1.82) is 0 Å². The van der Waals surface area contributed by atoms with Crippen molar-refractivity contribution in [2.75, 3.05) is 20.3 Å². The Bertz CT molecular complexity index is 218. The van der Waals surface area contributed by atoms with Gasteiger partial charge in [-0.25, -0.2) is 0 Å². The summed E-state index contributed by atoms with van der Waals surface area (Å²) >= 11 is 0. The molecule has 94 valence electrons. The monoisotopic (exact) mass is 226 g/mol. The van der Waals surface area contributed by atoms with E-state index in [2.05, 4.69) is 11.8 Å². The Balaban J connectivity index is 1.93. The minimum atomic E-state index is 0.383. The Labute approximate surface area is 99.3 Å². The Morgan fingerprint density at radius 1 is 1.25 bits per heavy atom. The van der Waals surface area contributed by atoms with Crippen LogP contribution in [0.1, 0.15) is 39.0 Å². The maximum Gasteiger partial charge on any atom is 0.0589 e. The SMILES string of the molecule is COCCN(C1CC1)C1CC(C)CCC1N. The second kappa shape index (κ2) is 5.48. The lowest BCUT2D eigenvalue weighted by Crippen LogP contribution is -2.52. The second-order valence-electron chi connectivity index (χ2n) is 5.61. The van der Waals surface area contributed by atoms with Gasteiger partial charge in [0.2, 0.25) is 0 Å². The summed E-state index contributed by atoms with van der Waals surface area (Å²) in [4.78, 5) is 2.63. The van der Waals surface area contributed by atoms with Gasteiger partial charge in [-0.3, -0.25) is 4.90 Å². The molecule has 0 saturated heterocycles. The highest BCUT2D eigenvalue weighted by molar-refractivity contribution is 4.95. The number of nitrogens with zero attached hydrogens (tertiary/aromatic N) is 1. The predicted molar refractivity (Wildman–Crippen MR) is 66.4 cm³/mol. The predicted octanol–water partition coefficient (Wildman–Crippen LogP) is 1.61. The topological polar surface area (TPSA) is 38.5 Å². The normalized spacial score (nSPS) is 35.6. The van der Waals surface area contributed by atoms with Gasteiger partial charge in [0.05, 0.1) is 6.61 Å². The van der Waals surface area contributed by atoms with Gasteiger partial charge in [-0.15, -0.1) is 0 Å². The van der Waals surface area contributed by atoms with E-state index in [9.17, 15) is 0 Å². The molecular weight excluding hydrogens is 200 g/mol. The summed E-state index contributed by atoms with van der Waals surface area (Å²) < 4.78 is 5.22. The number of methoxy groups -OCH3 is 1. The zero-order valence-electron chi connectivity index (χ0n) is 10.7. The van der Waals surface area contributed by atoms with Crippen LogP contribution in [0.3, 0.4) is 0 Å². The highest BCUT2D eigenvalue weighted by Crippen LogP contribution is 2.34. The van der Waals surface area contributed by atoms with Crippen LogP contribution in [-0.2, 0) is 4.74 Å². The third-order valence-corrected chi connectivity index (χ3v) is 4.13. The van der Waals surface area contributed by atoms with Gasteiger partial charge in [0, 0.05) is 31.8 Å². The van der Waals surface area contributed by atoms with E-state index < -0.39 is 0 Å². The average Bonchev–Trinajstić information content (AvgIpc) is 3.08. The van der Waals surface area contributed by atoms with Crippen LogP contribution in [0.4, 0.5) is 0 Å². The van der Waals surface area contributed by atoms with Gasteiger partial charge >= 0.3 is 0 Å². The van der Waals surface area contributed by atoms with Crippen molar-refractivity contribution in [1.82, 2.24) is 4.90 Å². The lowest BCUT2D eigenvalue weighted by atomic mass is 9.83. The lowest BCUT2D eigenvalue weighted by molar-refractivity contribution is 0.0741. The van der Waals surface area contributed by atoms with E-state index in [0.29, 0.717) is 12.1 Å². The zero-order valence-corrected chi connectivity index (χ0v) is 10.7. The first-order chi connectivity index (χ1) is 7.72. The lowest BCUT2D eigenvalue weighted by Gasteiger charge is -2.40. The Hall–Kier alpha value is -0.120. The molecule has 0 bridgehead atoms. The van der Waals surface area contributed by atoms with E-state index in [1.54, 1.807) is 7.11 Å². The van der Waals surface area contributed by atoms with Gasteiger partial charge in [-0.2, -0.15) is 0 Å². The third kappa shape index (κ3) is 2.96. The molecule has 0 aromatic heterocycles. The second-order valence-corrected chi connectivity index (χ2v) is 5.61. The molecule has 2 N–H and O–H groups in total. The average molecular weight is 226 g/mol. The van der Waals surface area contributed by atoms with E-state index in [-0.39, 0.29) is 0 Å². The maximum atomic E-state index is 6.30. The Kier molecular flexibility index (Phi) is 4.22. The third-order valence-electron chi connectivity index (χ3n) is 4.13. The summed E-state index contributed by atoms with van der Waals surface area (Å²) in [7, 11) is 1.79. The van der Waals surface area contributed by atoms with E-state index >= 15 is 0 Å². The summed E-state index contributed by atoms with van der Waals surface area (Å²) in [5.41, 5.74) is 6.30. The van der Waals surface area contributed by atoms with Crippen molar-refractivity contribution >= 4 is 0 Å². The first kappa shape index (κ1) is 12.3. The van der Waals surface area contributed by atoms with Crippen LogP contribution in [0.5, 0.6) is 0 Å². The van der Waals surface area contributed by atoms with Crippen molar-refractivity contribution in [3.63, 3.8) is 0 Å². The smallest absolute Gasteiger partial charge is 0.0589 e. The van der Waals surface area contributed by atoms with Gasteiger partial charge in [-0.05, 0) is 38.0 Å². The molecule has 2 aliphatic rings. The summed E-state index contributed by atoms with van der Waals surface area (Å²) in [6.07, 6.45) is 6.51. The minimum Gasteiger partial charge on any atom is -0.383 e. The van der Waals surface area contributed by atoms with Gasteiger partial charge in [0.25, 0.3) is 0 Å². The molecule has 3 unspecified atom stereocenters. The van der Waals surface area contributed by atoms with Crippen LogP contribution in [0, 0.1) is 5.92 Å². The quantitative estimate of drug-likeness (QED) is 0.774. The van der Waals surface area contributed by atoms with Crippen LogP contribution in [-0.4, -0.2) is 43.3 Å². The van der Waals surface area contributed by atoms with E-state index in [0.717, 1.165) is 25.1 Å². The molecule has 0 radical (unpaired) electrons. The highest BCUT2D eigenvalue weighted by Gasteiger charge is 2.38. The summed E-state index contributed by atoms with van der Waals surface area (Å²) in [5, 5.41) is 0. The standard InChI is InChI=1S/C13H26N2O/c1-10-3-6-12(14)13(9-10)15(7-8-16-2)11-4-5-11/h10-13H,3-9,14H2,1-2H3. The van der Waals surface area contributed by atoms with Crippen LogP contribution >= 0.6 is 0 Å². The van der Waals surface area contributed by atoms with Crippen molar-refractivity contribution in [3.8, 4) is 0 Å².